The number of nitrogens with zero attached hydrogens (tertiary/aromatic N) is 4. The highest BCUT2D eigenvalue weighted by Crippen LogP contribution is 2.35. The first-order chi connectivity index (χ1) is 16.4. The predicted molar refractivity (Wildman–Crippen MR) is 129 cm³/mol. The molecular formula is C24H23ClFN5O3. The molecule has 3 aromatic rings. The normalized spacial score (nSPS) is 15.1. The van der Waals surface area contributed by atoms with Crippen LogP contribution in [0.1, 0.15) is 18.4 Å². The van der Waals surface area contributed by atoms with Gasteiger partial charge in [-0.1, -0.05) is 29.8 Å². The van der Waals surface area contributed by atoms with Gasteiger partial charge in [-0.05, 0) is 36.6 Å². The maximum Gasteiger partial charge on any atom is 0.338 e. The van der Waals surface area contributed by atoms with Crippen molar-refractivity contribution in [3.63, 3.8) is 0 Å². The first kappa shape index (κ1) is 23.5. The molecule has 0 saturated carbocycles. The molecule has 2 aromatic carbocycles. The summed E-state index contributed by atoms with van der Waals surface area (Å²) in [5.74, 6) is -0.176. The summed E-state index contributed by atoms with van der Waals surface area (Å²) in [6.45, 7) is 8.77. The number of alkyl halides is 1. The molecule has 0 radical (unpaired) electrons. The van der Waals surface area contributed by atoms with E-state index in [0.29, 0.717) is 60.6 Å². The Balaban J connectivity index is 1.59. The Morgan fingerprint density at radius 1 is 1.29 bits per heavy atom. The van der Waals surface area contributed by atoms with Crippen molar-refractivity contribution >= 4 is 45.7 Å². The van der Waals surface area contributed by atoms with E-state index >= 15 is 0 Å². The number of carbonyl (C=O) groups is 1. The van der Waals surface area contributed by atoms with E-state index in [1.165, 1.54) is 0 Å². The number of anilines is 2. The SMILES string of the molecule is [C-]#[N+]c1ccc2c(N3CCC(C(F)C(=O)O)CC3)nnc(NCc3ccc(OC)c(Cl)c3)c2c1. The van der Waals surface area contributed by atoms with Gasteiger partial charge < -0.3 is 20.1 Å². The summed E-state index contributed by atoms with van der Waals surface area (Å²) in [6.07, 6.45) is -1.03. The first-order valence-corrected chi connectivity index (χ1v) is 11.1. The van der Waals surface area contributed by atoms with Gasteiger partial charge in [0, 0.05) is 36.3 Å². The molecule has 10 heteroatoms. The largest absolute Gasteiger partial charge is 0.495 e. The van der Waals surface area contributed by atoms with Gasteiger partial charge >= 0.3 is 5.97 Å². The monoisotopic (exact) mass is 483 g/mol. The third-order valence-corrected chi connectivity index (χ3v) is 6.33. The van der Waals surface area contributed by atoms with Crippen molar-refractivity contribution in [3.8, 4) is 5.75 Å². The summed E-state index contributed by atoms with van der Waals surface area (Å²) in [7, 11) is 1.56. The quantitative estimate of drug-likeness (QED) is 0.452. The van der Waals surface area contributed by atoms with Gasteiger partial charge in [0.15, 0.2) is 23.5 Å². The summed E-state index contributed by atoms with van der Waals surface area (Å²) in [5.41, 5.74) is 1.40. The fraction of sp³-hybridized carbons (Fsp3) is 0.333. The van der Waals surface area contributed by atoms with E-state index in [-0.39, 0.29) is 0 Å². The van der Waals surface area contributed by atoms with Crippen LogP contribution in [0.5, 0.6) is 5.75 Å². The molecule has 2 N–H and O–H groups in total. The molecule has 0 amide bonds. The van der Waals surface area contributed by atoms with Gasteiger partial charge in [0.25, 0.3) is 0 Å². The third-order valence-electron chi connectivity index (χ3n) is 6.04. The van der Waals surface area contributed by atoms with E-state index < -0.39 is 18.1 Å². The lowest BCUT2D eigenvalue weighted by Crippen LogP contribution is -2.39. The Morgan fingerprint density at radius 2 is 2.06 bits per heavy atom. The number of nitrogens with one attached hydrogen (secondary N) is 1. The van der Waals surface area contributed by atoms with E-state index in [4.69, 9.17) is 28.0 Å². The highest BCUT2D eigenvalue weighted by atomic mass is 35.5. The van der Waals surface area contributed by atoms with Crippen molar-refractivity contribution < 1.29 is 19.0 Å². The molecule has 1 fully saturated rings. The molecule has 0 spiro atoms. The average molecular weight is 484 g/mol. The molecule has 0 bridgehead atoms. The molecule has 2 heterocycles. The molecule has 1 saturated heterocycles. The van der Waals surface area contributed by atoms with Crippen LogP contribution in [0.2, 0.25) is 5.02 Å². The van der Waals surface area contributed by atoms with Crippen LogP contribution in [0, 0.1) is 12.5 Å². The summed E-state index contributed by atoms with van der Waals surface area (Å²) < 4.78 is 19.1. The number of piperidine rings is 1. The number of rotatable bonds is 7. The van der Waals surface area contributed by atoms with Crippen LogP contribution in [0.25, 0.3) is 15.6 Å². The van der Waals surface area contributed by atoms with E-state index in [9.17, 15) is 9.18 Å². The van der Waals surface area contributed by atoms with E-state index in [0.717, 1.165) is 16.3 Å². The number of hydrogen-bond donors (Lipinski definition) is 2. The minimum atomic E-state index is -1.86. The Kier molecular flexibility index (Phi) is 6.98. The summed E-state index contributed by atoms with van der Waals surface area (Å²) >= 11 is 6.22. The van der Waals surface area contributed by atoms with Gasteiger partial charge in [0.2, 0.25) is 0 Å². The Hall–Kier alpha value is -3.64. The summed E-state index contributed by atoms with van der Waals surface area (Å²) in [4.78, 5) is 16.5. The van der Waals surface area contributed by atoms with E-state index in [2.05, 4.69) is 20.4 Å². The number of fused-ring (bicyclic) bond motifs is 1. The smallest absolute Gasteiger partial charge is 0.338 e. The van der Waals surface area contributed by atoms with Crippen molar-refractivity contribution in [2.45, 2.75) is 25.6 Å². The average Bonchev–Trinajstić information content (AvgIpc) is 2.86. The topological polar surface area (TPSA) is 91.9 Å². The van der Waals surface area contributed by atoms with Crippen molar-refractivity contribution in [2.24, 2.45) is 5.92 Å². The molecular weight excluding hydrogens is 461 g/mol. The van der Waals surface area contributed by atoms with Crippen LogP contribution in [-0.4, -0.2) is 47.6 Å². The summed E-state index contributed by atoms with van der Waals surface area (Å²) in [6, 6.07) is 10.8. The zero-order valence-corrected chi connectivity index (χ0v) is 19.2. The van der Waals surface area contributed by atoms with Gasteiger partial charge in [-0.2, -0.15) is 0 Å². The molecule has 1 atom stereocenters. The number of aliphatic carboxylic acids is 1. The van der Waals surface area contributed by atoms with Crippen molar-refractivity contribution in [3.05, 3.63) is 58.4 Å². The van der Waals surface area contributed by atoms with E-state index in [1.54, 1.807) is 31.4 Å². The van der Waals surface area contributed by atoms with Crippen LogP contribution >= 0.6 is 11.6 Å². The number of halogens is 2. The molecule has 4 rings (SSSR count). The van der Waals surface area contributed by atoms with Gasteiger partial charge in [-0.3, -0.25) is 0 Å². The number of hydrogen-bond acceptors (Lipinski definition) is 6. The maximum absolute atomic E-state index is 13.9. The fourth-order valence-corrected chi connectivity index (χ4v) is 4.45. The second-order valence-electron chi connectivity index (χ2n) is 8.10. The third kappa shape index (κ3) is 4.82. The minimum absolute atomic E-state index is 0.412. The highest BCUT2D eigenvalue weighted by molar-refractivity contribution is 6.32. The lowest BCUT2D eigenvalue weighted by atomic mass is 9.92. The van der Waals surface area contributed by atoms with Crippen molar-refractivity contribution in [2.75, 3.05) is 30.4 Å². The molecule has 1 unspecified atom stereocenters. The van der Waals surface area contributed by atoms with Crippen molar-refractivity contribution in [1.29, 1.82) is 0 Å². The van der Waals surface area contributed by atoms with Crippen LogP contribution in [0.15, 0.2) is 36.4 Å². The number of methoxy groups -OCH3 is 1. The van der Waals surface area contributed by atoms with Gasteiger partial charge in [-0.15, -0.1) is 10.2 Å². The number of benzene rings is 2. The van der Waals surface area contributed by atoms with Crippen LogP contribution < -0.4 is 15.0 Å². The second-order valence-corrected chi connectivity index (χ2v) is 8.51. The zero-order chi connectivity index (χ0) is 24.2. The van der Waals surface area contributed by atoms with Gasteiger partial charge in [-0.25, -0.2) is 14.0 Å². The van der Waals surface area contributed by atoms with E-state index in [1.807, 2.05) is 17.0 Å². The fourth-order valence-electron chi connectivity index (χ4n) is 4.17. The van der Waals surface area contributed by atoms with Crippen LogP contribution in [-0.2, 0) is 11.3 Å². The Bertz CT molecular complexity index is 1260. The Morgan fingerprint density at radius 3 is 2.71 bits per heavy atom. The Labute approximate surface area is 201 Å². The first-order valence-electron chi connectivity index (χ1n) is 10.8. The number of carboxylic acid groups (broad SMARTS) is 1. The molecule has 0 aliphatic carbocycles. The minimum Gasteiger partial charge on any atom is -0.495 e. The molecule has 1 aliphatic heterocycles. The van der Waals surface area contributed by atoms with Crippen LogP contribution in [0.3, 0.4) is 0 Å². The molecule has 1 aliphatic rings. The molecule has 176 valence electrons. The zero-order valence-electron chi connectivity index (χ0n) is 18.5. The molecule has 34 heavy (non-hydrogen) atoms. The van der Waals surface area contributed by atoms with Crippen molar-refractivity contribution in [1.82, 2.24) is 10.2 Å². The number of aromatic nitrogens is 2. The lowest BCUT2D eigenvalue weighted by molar-refractivity contribution is -0.145. The molecule has 1 aromatic heterocycles. The van der Waals surface area contributed by atoms with Gasteiger partial charge in [0.05, 0.1) is 18.7 Å². The standard InChI is InChI=1S/C24H23ClFN5O3/c1-27-16-4-5-17-18(12-16)22(28-13-14-3-6-20(34-2)19(25)11-14)29-30-23(17)31-9-7-15(8-10-31)21(26)24(32)33/h3-6,11-12,15,21H,7-10,13H2,2H3,(H,28,29)(H,32,33). The second kappa shape index (κ2) is 10.1. The number of ether oxygens (including phenoxy) is 1. The number of carboxylic acids is 1. The van der Waals surface area contributed by atoms with Gasteiger partial charge in [0.1, 0.15) is 5.75 Å². The maximum atomic E-state index is 13.9. The lowest BCUT2D eigenvalue weighted by Gasteiger charge is -2.33. The highest BCUT2D eigenvalue weighted by Gasteiger charge is 2.32. The predicted octanol–water partition coefficient (Wildman–Crippen LogP) is 5.09. The summed E-state index contributed by atoms with van der Waals surface area (Å²) in [5, 5.41) is 23.1. The molecule has 8 nitrogen and oxygen atoms in total. The van der Waals surface area contributed by atoms with Crippen LogP contribution in [0.4, 0.5) is 21.7 Å².